The van der Waals surface area contributed by atoms with E-state index < -0.39 is 0 Å². The number of likely N-dealkylation sites (N-methyl/N-ethyl adjacent to an activating group) is 1. The number of morpholine rings is 1. The van der Waals surface area contributed by atoms with E-state index in [1.54, 1.807) is 18.5 Å². The Labute approximate surface area is 141 Å². The topological polar surface area (TPSA) is 41.5 Å². The molecule has 1 saturated heterocycles. The number of nitrogens with zero attached hydrogens (tertiary/aromatic N) is 4. The second-order valence-corrected chi connectivity index (χ2v) is 6.47. The second kappa shape index (κ2) is 6.45. The van der Waals surface area contributed by atoms with Gasteiger partial charge in [-0.2, -0.15) is 0 Å². The maximum Gasteiger partial charge on any atom is 0.136 e. The lowest BCUT2D eigenvalue weighted by Gasteiger charge is -2.36. The van der Waals surface area contributed by atoms with Gasteiger partial charge in [0.15, 0.2) is 0 Å². The van der Waals surface area contributed by atoms with Crippen molar-refractivity contribution in [3.8, 4) is 0 Å². The lowest BCUT2D eigenvalue weighted by molar-refractivity contribution is 0.0393. The molecule has 24 heavy (non-hydrogen) atoms. The first kappa shape index (κ1) is 15.5. The van der Waals surface area contributed by atoms with Crippen LogP contribution in [0.15, 0.2) is 30.6 Å². The van der Waals surface area contributed by atoms with Crippen LogP contribution in [0.4, 0.5) is 10.2 Å². The molecule has 0 bridgehead atoms. The fourth-order valence-electron chi connectivity index (χ4n) is 3.45. The Morgan fingerprint density at radius 3 is 2.83 bits per heavy atom. The van der Waals surface area contributed by atoms with E-state index in [0.29, 0.717) is 6.61 Å². The van der Waals surface area contributed by atoms with Crippen molar-refractivity contribution >= 4 is 5.82 Å². The highest BCUT2D eigenvalue weighted by Crippen LogP contribution is 2.30. The smallest absolute Gasteiger partial charge is 0.136 e. The van der Waals surface area contributed by atoms with E-state index in [1.807, 2.05) is 0 Å². The molecule has 1 aromatic heterocycles. The average molecular weight is 328 g/mol. The van der Waals surface area contributed by atoms with Gasteiger partial charge in [-0.1, -0.05) is 12.1 Å². The summed E-state index contributed by atoms with van der Waals surface area (Å²) in [6.45, 7) is 4.08. The molecule has 126 valence electrons. The summed E-state index contributed by atoms with van der Waals surface area (Å²) in [5.41, 5.74) is 3.38. The number of benzene rings is 1. The van der Waals surface area contributed by atoms with Crippen LogP contribution in [0.2, 0.25) is 0 Å². The van der Waals surface area contributed by atoms with Crippen molar-refractivity contribution < 1.29 is 9.13 Å². The Kier molecular flexibility index (Phi) is 4.16. The number of hydrogen-bond donors (Lipinski definition) is 0. The Hall–Kier alpha value is -2.05. The number of hydrogen-bond acceptors (Lipinski definition) is 5. The normalized spacial score (nSPS) is 21.6. The zero-order valence-corrected chi connectivity index (χ0v) is 13.8. The molecule has 1 fully saturated rings. The molecule has 1 aromatic carbocycles. The molecule has 0 aliphatic carbocycles. The van der Waals surface area contributed by atoms with Gasteiger partial charge in [0.1, 0.15) is 24.1 Å². The highest BCUT2D eigenvalue weighted by atomic mass is 19.1. The number of halogens is 1. The highest BCUT2D eigenvalue weighted by Gasteiger charge is 2.27. The van der Waals surface area contributed by atoms with E-state index in [4.69, 9.17) is 4.74 Å². The van der Waals surface area contributed by atoms with Crippen LogP contribution in [-0.4, -0.2) is 48.2 Å². The third-order valence-corrected chi connectivity index (χ3v) is 4.78. The molecule has 5 nitrogen and oxygen atoms in total. The summed E-state index contributed by atoms with van der Waals surface area (Å²) in [7, 11) is 2.13. The first-order valence-corrected chi connectivity index (χ1v) is 8.34. The van der Waals surface area contributed by atoms with Crippen molar-refractivity contribution in [2.45, 2.75) is 19.1 Å². The van der Waals surface area contributed by atoms with Gasteiger partial charge in [0, 0.05) is 38.2 Å². The van der Waals surface area contributed by atoms with Crippen LogP contribution in [0.5, 0.6) is 0 Å². The maximum atomic E-state index is 13.1. The van der Waals surface area contributed by atoms with Crippen LogP contribution >= 0.6 is 0 Å². The number of ether oxygens (including phenoxy) is 1. The fraction of sp³-hybridized carbons (Fsp3) is 0.444. The molecule has 2 aliphatic heterocycles. The monoisotopic (exact) mass is 328 g/mol. The van der Waals surface area contributed by atoms with Crippen molar-refractivity contribution in [1.29, 1.82) is 0 Å². The molecule has 0 saturated carbocycles. The molecular weight excluding hydrogens is 307 g/mol. The Balaban J connectivity index is 1.60. The van der Waals surface area contributed by atoms with Gasteiger partial charge in [0.2, 0.25) is 0 Å². The van der Waals surface area contributed by atoms with Crippen LogP contribution in [0, 0.1) is 5.82 Å². The van der Waals surface area contributed by atoms with E-state index in [2.05, 4.69) is 26.8 Å². The summed E-state index contributed by atoms with van der Waals surface area (Å²) in [6, 6.07) is 6.57. The number of aromatic nitrogens is 2. The average Bonchev–Trinajstić information content (AvgIpc) is 2.62. The first-order valence-electron chi connectivity index (χ1n) is 8.34. The predicted molar refractivity (Wildman–Crippen MR) is 89.4 cm³/mol. The maximum absolute atomic E-state index is 13.1. The van der Waals surface area contributed by atoms with Crippen molar-refractivity contribution in [2.24, 2.45) is 0 Å². The Morgan fingerprint density at radius 1 is 1.17 bits per heavy atom. The van der Waals surface area contributed by atoms with Crippen molar-refractivity contribution in [1.82, 2.24) is 14.9 Å². The van der Waals surface area contributed by atoms with Gasteiger partial charge in [0.25, 0.3) is 0 Å². The van der Waals surface area contributed by atoms with Gasteiger partial charge in [0.05, 0.1) is 12.3 Å². The number of fused-ring (bicyclic) bond motifs is 1. The van der Waals surface area contributed by atoms with Crippen LogP contribution in [0.25, 0.3) is 0 Å². The molecular formula is C18H21FN4O. The molecule has 1 atom stereocenters. The van der Waals surface area contributed by atoms with E-state index >= 15 is 0 Å². The quantitative estimate of drug-likeness (QED) is 0.845. The molecule has 3 heterocycles. The Bertz CT molecular complexity index is 721. The molecule has 0 amide bonds. The molecule has 2 aliphatic rings. The van der Waals surface area contributed by atoms with Crippen LogP contribution in [0.3, 0.4) is 0 Å². The van der Waals surface area contributed by atoms with Gasteiger partial charge >= 0.3 is 0 Å². The van der Waals surface area contributed by atoms with Crippen LogP contribution in [-0.2, 0) is 17.7 Å². The standard InChI is InChI=1S/C18H21FN4O/c1-22-7-6-16-15(10-22)18(21-12-20-16)23-8-9-24-17(11-23)13-2-4-14(19)5-3-13/h2-5,12,17H,6-11H2,1H3. The molecule has 2 aromatic rings. The zero-order chi connectivity index (χ0) is 16.5. The molecule has 6 heteroatoms. The summed E-state index contributed by atoms with van der Waals surface area (Å²) in [5, 5.41) is 0. The summed E-state index contributed by atoms with van der Waals surface area (Å²) in [6.07, 6.45) is 2.57. The number of rotatable bonds is 2. The molecule has 1 unspecified atom stereocenters. The lowest BCUT2D eigenvalue weighted by Crippen LogP contribution is -2.40. The molecule has 4 rings (SSSR count). The van der Waals surface area contributed by atoms with Crippen molar-refractivity contribution in [3.05, 3.63) is 53.2 Å². The molecule has 0 radical (unpaired) electrons. The van der Waals surface area contributed by atoms with E-state index in [1.165, 1.54) is 17.7 Å². The zero-order valence-electron chi connectivity index (χ0n) is 13.8. The van der Waals surface area contributed by atoms with Crippen LogP contribution in [0.1, 0.15) is 22.9 Å². The van der Waals surface area contributed by atoms with Gasteiger partial charge in [-0.25, -0.2) is 14.4 Å². The van der Waals surface area contributed by atoms with Gasteiger partial charge in [-0.15, -0.1) is 0 Å². The largest absolute Gasteiger partial charge is 0.370 e. The minimum absolute atomic E-state index is 0.0636. The number of anilines is 1. The van der Waals surface area contributed by atoms with Crippen LogP contribution < -0.4 is 4.90 Å². The minimum atomic E-state index is -0.223. The Morgan fingerprint density at radius 2 is 2.00 bits per heavy atom. The van der Waals surface area contributed by atoms with Gasteiger partial charge in [-0.05, 0) is 24.7 Å². The van der Waals surface area contributed by atoms with E-state index in [9.17, 15) is 4.39 Å². The van der Waals surface area contributed by atoms with E-state index in [-0.39, 0.29) is 11.9 Å². The first-order chi connectivity index (χ1) is 11.7. The molecule has 0 N–H and O–H groups in total. The molecule has 0 spiro atoms. The third kappa shape index (κ3) is 2.99. The summed E-state index contributed by atoms with van der Waals surface area (Å²) >= 11 is 0. The van der Waals surface area contributed by atoms with E-state index in [0.717, 1.165) is 49.7 Å². The summed E-state index contributed by atoms with van der Waals surface area (Å²) in [4.78, 5) is 13.6. The minimum Gasteiger partial charge on any atom is -0.370 e. The lowest BCUT2D eigenvalue weighted by atomic mass is 10.0. The summed E-state index contributed by atoms with van der Waals surface area (Å²) in [5.74, 6) is 0.793. The third-order valence-electron chi connectivity index (χ3n) is 4.78. The highest BCUT2D eigenvalue weighted by molar-refractivity contribution is 5.50. The van der Waals surface area contributed by atoms with Gasteiger partial charge < -0.3 is 14.5 Å². The SMILES string of the molecule is CN1CCc2ncnc(N3CCOC(c4ccc(F)cc4)C3)c2C1. The van der Waals surface area contributed by atoms with Gasteiger partial charge in [-0.3, -0.25) is 0 Å². The predicted octanol–water partition coefficient (Wildman–Crippen LogP) is 2.18. The second-order valence-electron chi connectivity index (χ2n) is 6.47. The fourth-order valence-corrected chi connectivity index (χ4v) is 3.45. The summed E-state index contributed by atoms with van der Waals surface area (Å²) < 4.78 is 19.1. The van der Waals surface area contributed by atoms with Crippen molar-refractivity contribution in [3.63, 3.8) is 0 Å². The van der Waals surface area contributed by atoms with Crippen molar-refractivity contribution in [2.75, 3.05) is 38.2 Å².